The molecule has 2 aromatic rings. The minimum absolute atomic E-state index is 0.103. The Morgan fingerprint density at radius 3 is 2.71 bits per heavy atom. The molecule has 1 aromatic heterocycles. The van der Waals surface area contributed by atoms with E-state index < -0.39 is 0 Å². The number of hydrogen-bond donors (Lipinski definition) is 1. The van der Waals surface area contributed by atoms with E-state index in [1.165, 1.54) is 0 Å². The van der Waals surface area contributed by atoms with E-state index in [4.69, 9.17) is 0 Å². The lowest BCUT2D eigenvalue weighted by atomic mass is 9.87. The molecule has 1 aliphatic rings. The van der Waals surface area contributed by atoms with Crippen LogP contribution in [0.25, 0.3) is 10.8 Å². The standard InChI is InChI=1S/C19H25N3O2/c1-19(2,3)12-13-7-6-10-22(13)17(23)11-16-14-8-4-5-9-15(14)18(24)21-20-16/h4-5,8-9,13H,6-7,10-12H2,1-3H3,(H,21,24). The number of rotatable bonds is 3. The molecule has 1 aromatic carbocycles. The third-order valence-electron chi connectivity index (χ3n) is 4.64. The maximum Gasteiger partial charge on any atom is 0.272 e. The summed E-state index contributed by atoms with van der Waals surface area (Å²) in [6, 6.07) is 7.63. The number of nitrogens with one attached hydrogen (secondary N) is 1. The fourth-order valence-electron chi connectivity index (χ4n) is 3.63. The summed E-state index contributed by atoms with van der Waals surface area (Å²) in [6.07, 6.45) is 3.38. The van der Waals surface area contributed by atoms with Crippen LogP contribution in [0.1, 0.15) is 45.7 Å². The van der Waals surface area contributed by atoms with Crippen molar-refractivity contribution in [1.29, 1.82) is 0 Å². The summed E-state index contributed by atoms with van der Waals surface area (Å²) in [6.45, 7) is 7.46. The average molecular weight is 327 g/mol. The smallest absolute Gasteiger partial charge is 0.272 e. The normalized spacial score (nSPS) is 18.3. The summed E-state index contributed by atoms with van der Waals surface area (Å²) in [5.41, 5.74) is 0.640. The third kappa shape index (κ3) is 3.50. The molecule has 1 atom stereocenters. The summed E-state index contributed by atoms with van der Waals surface area (Å²) in [7, 11) is 0. The van der Waals surface area contributed by atoms with Crippen LogP contribution in [-0.4, -0.2) is 33.6 Å². The number of aromatic amines is 1. The molecule has 0 aliphatic carbocycles. The fourth-order valence-corrected chi connectivity index (χ4v) is 3.63. The molecule has 2 heterocycles. The van der Waals surface area contributed by atoms with Crippen LogP contribution in [0.4, 0.5) is 0 Å². The fraction of sp³-hybridized carbons (Fsp3) is 0.526. The summed E-state index contributed by atoms with van der Waals surface area (Å²) in [5, 5.41) is 8.00. The number of carbonyl (C=O) groups excluding carboxylic acids is 1. The number of H-pyrrole nitrogens is 1. The lowest BCUT2D eigenvalue weighted by Gasteiger charge is -2.30. The molecule has 1 aliphatic heterocycles. The van der Waals surface area contributed by atoms with Gasteiger partial charge in [-0.15, -0.1) is 0 Å². The largest absolute Gasteiger partial charge is 0.339 e. The minimum atomic E-state index is -0.214. The predicted octanol–water partition coefficient (Wildman–Crippen LogP) is 2.89. The van der Waals surface area contributed by atoms with Gasteiger partial charge in [0.05, 0.1) is 17.5 Å². The van der Waals surface area contributed by atoms with Crippen molar-refractivity contribution in [1.82, 2.24) is 15.1 Å². The molecule has 5 heteroatoms. The molecule has 0 radical (unpaired) electrons. The number of likely N-dealkylation sites (tertiary alicyclic amines) is 1. The molecule has 5 nitrogen and oxygen atoms in total. The van der Waals surface area contributed by atoms with Crippen LogP contribution in [0.2, 0.25) is 0 Å². The van der Waals surface area contributed by atoms with E-state index >= 15 is 0 Å². The van der Waals surface area contributed by atoms with E-state index in [0.717, 1.165) is 31.2 Å². The van der Waals surface area contributed by atoms with Crippen molar-refractivity contribution < 1.29 is 4.79 Å². The summed E-state index contributed by atoms with van der Waals surface area (Å²) < 4.78 is 0. The average Bonchev–Trinajstić information content (AvgIpc) is 2.96. The first-order valence-corrected chi connectivity index (χ1v) is 8.61. The Kier molecular flexibility index (Phi) is 4.43. The second-order valence-corrected chi connectivity index (χ2v) is 7.87. The molecule has 0 spiro atoms. The molecule has 128 valence electrons. The zero-order valence-corrected chi connectivity index (χ0v) is 14.6. The third-order valence-corrected chi connectivity index (χ3v) is 4.64. The molecular formula is C19H25N3O2. The van der Waals surface area contributed by atoms with E-state index in [9.17, 15) is 9.59 Å². The maximum absolute atomic E-state index is 12.8. The molecule has 1 unspecified atom stereocenters. The Hall–Kier alpha value is -2.17. The molecule has 1 amide bonds. The van der Waals surface area contributed by atoms with Gasteiger partial charge in [-0.3, -0.25) is 9.59 Å². The molecule has 0 saturated carbocycles. The van der Waals surface area contributed by atoms with Crippen molar-refractivity contribution in [2.24, 2.45) is 5.41 Å². The number of carbonyl (C=O) groups is 1. The highest BCUT2D eigenvalue weighted by Crippen LogP contribution is 2.30. The summed E-state index contributed by atoms with van der Waals surface area (Å²) in [5.74, 6) is 0.103. The minimum Gasteiger partial charge on any atom is -0.339 e. The number of aromatic nitrogens is 2. The van der Waals surface area contributed by atoms with Crippen molar-refractivity contribution in [3.63, 3.8) is 0 Å². The summed E-state index contributed by atoms with van der Waals surface area (Å²) >= 11 is 0. The van der Waals surface area contributed by atoms with Gasteiger partial charge in [0, 0.05) is 18.0 Å². The van der Waals surface area contributed by atoms with Crippen LogP contribution in [0.15, 0.2) is 29.1 Å². The molecular weight excluding hydrogens is 302 g/mol. The summed E-state index contributed by atoms with van der Waals surface area (Å²) in [4.78, 5) is 26.7. The number of hydrogen-bond acceptors (Lipinski definition) is 3. The van der Waals surface area contributed by atoms with Gasteiger partial charge in [0.15, 0.2) is 0 Å². The van der Waals surface area contributed by atoms with E-state index in [1.807, 2.05) is 23.1 Å². The second-order valence-electron chi connectivity index (χ2n) is 7.87. The van der Waals surface area contributed by atoms with Crippen LogP contribution in [-0.2, 0) is 11.2 Å². The van der Waals surface area contributed by atoms with Gasteiger partial charge >= 0.3 is 0 Å². The van der Waals surface area contributed by atoms with Gasteiger partial charge in [0.1, 0.15) is 0 Å². The van der Waals surface area contributed by atoms with Crippen molar-refractivity contribution in [2.45, 2.75) is 52.5 Å². The molecule has 1 fully saturated rings. The highest BCUT2D eigenvalue weighted by molar-refractivity contribution is 5.88. The highest BCUT2D eigenvalue weighted by Gasteiger charge is 2.32. The molecule has 3 rings (SSSR count). The van der Waals surface area contributed by atoms with E-state index in [1.54, 1.807) is 6.07 Å². The quantitative estimate of drug-likeness (QED) is 0.942. The van der Waals surface area contributed by atoms with Crippen molar-refractivity contribution >= 4 is 16.7 Å². The van der Waals surface area contributed by atoms with E-state index in [2.05, 4.69) is 31.0 Å². The Morgan fingerprint density at radius 1 is 1.29 bits per heavy atom. The van der Waals surface area contributed by atoms with Crippen LogP contribution < -0.4 is 5.56 Å². The lowest BCUT2D eigenvalue weighted by Crippen LogP contribution is -2.38. The Morgan fingerprint density at radius 2 is 2.00 bits per heavy atom. The first kappa shape index (κ1) is 16.7. The van der Waals surface area contributed by atoms with Gasteiger partial charge in [-0.25, -0.2) is 5.10 Å². The first-order valence-electron chi connectivity index (χ1n) is 8.61. The zero-order chi connectivity index (χ0) is 17.3. The van der Waals surface area contributed by atoms with Crippen LogP contribution in [0.3, 0.4) is 0 Å². The SMILES string of the molecule is CC(C)(C)CC1CCCN1C(=O)Cc1n[nH]c(=O)c2ccccc12. The number of benzene rings is 1. The van der Waals surface area contributed by atoms with Gasteiger partial charge in [-0.2, -0.15) is 5.10 Å². The monoisotopic (exact) mass is 327 g/mol. The predicted molar refractivity (Wildman–Crippen MR) is 94.9 cm³/mol. The van der Waals surface area contributed by atoms with Gasteiger partial charge in [-0.05, 0) is 30.7 Å². The maximum atomic E-state index is 12.8. The number of nitrogens with zero attached hydrogens (tertiary/aromatic N) is 2. The Labute approximate surface area is 142 Å². The zero-order valence-electron chi connectivity index (χ0n) is 14.6. The van der Waals surface area contributed by atoms with Gasteiger partial charge in [0.25, 0.3) is 5.56 Å². The van der Waals surface area contributed by atoms with Crippen molar-refractivity contribution in [3.05, 3.63) is 40.3 Å². The van der Waals surface area contributed by atoms with Gasteiger partial charge < -0.3 is 4.90 Å². The van der Waals surface area contributed by atoms with Gasteiger partial charge in [-0.1, -0.05) is 39.0 Å². The highest BCUT2D eigenvalue weighted by atomic mass is 16.2. The van der Waals surface area contributed by atoms with E-state index in [-0.39, 0.29) is 23.3 Å². The molecule has 1 saturated heterocycles. The van der Waals surface area contributed by atoms with Gasteiger partial charge in [0.2, 0.25) is 5.91 Å². The molecule has 0 bridgehead atoms. The van der Waals surface area contributed by atoms with Crippen LogP contribution in [0.5, 0.6) is 0 Å². The van der Waals surface area contributed by atoms with Crippen molar-refractivity contribution in [2.75, 3.05) is 6.54 Å². The van der Waals surface area contributed by atoms with Crippen LogP contribution in [0, 0.1) is 5.41 Å². The van der Waals surface area contributed by atoms with E-state index in [0.29, 0.717) is 17.1 Å². The van der Waals surface area contributed by atoms with Crippen molar-refractivity contribution in [3.8, 4) is 0 Å². The lowest BCUT2D eigenvalue weighted by molar-refractivity contribution is -0.131. The molecule has 24 heavy (non-hydrogen) atoms. The molecule has 1 N–H and O–H groups in total. The topological polar surface area (TPSA) is 66.1 Å². The second kappa shape index (κ2) is 6.38. The first-order chi connectivity index (χ1) is 11.3. The van der Waals surface area contributed by atoms with Crippen LogP contribution >= 0.6 is 0 Å². The Balaban J connectivity index is 1.82. The Bertz CT molecular complexity index is 804. The number of amides is 1. The number of fused-ring (bicyclic) bond motifs is 1.